The summed E-state index contributed by atoms with van der Waals surface area (Å²) in [6.07, 6.45) is 1.69. The molecule has 1 N–H and O–H groups in total. The molecule has 1 aliphatic heterocycles. The van der Waals surface area contributed by atoms with E-state index in [1.165, 1.54) is 10.4 Å². The number of rotatable bonds is 7. The molecule has 162 valence electrons. The molecule has 0 saturated carbocycles. The molecule has 3 aromatic rings. The molecule has 0 unspecified atom stereocenters. The summed E-state index contributed by atoms with van der Waals surface area (Å²) >= 11 is 7.25. The van der Waals surface area contributed by atoms with E-state index in [0.717, 1.165) is 29.7 Å². The monoisotopic (exact) mass is 476 g/mol. The van der Waals surface area contributed by atoms with Crippen LogP contribution in [0.5, 0.6) is 5.75 Å². The van der Waals surface area contributed by atoms with Gasteiger partial charge in [-0.3, -0.25) is 4.79 Å². The highest BCUT2D eigenvalue weighted by molar-refractivity contribution is 7.89. The van der Waals surface area contributed by atoms with Crippen LogP contribution >= 0.6 is 22.9 Å². The van der Waals surface area contributed by atoms with Crippen LogP contribution in [0.3, 0.4) is 0 Å². The summed E-state index contributed by atoms with van der Waals surface area (Å²) in [5, 5.41) is 5.04. The lowest BCUT2D eigenvalue weighted by Gasteiger charge is -2.15. The first kappa shape index (κ1) is 21.8. The molecule has 1 saturated heterocycles. The summed E-state index contributed by atoms with van der Waals surface area (Å²) in [6.45, 7) is 1.32. The van der Waals surface area contributed by atoms with E-state index in [9.17, 15) is 13.2 Å². The lowest BCUT2D eigenvalue weighted by atomic mass is 10.2. The van der Waals surface area contributed by atoms with Crippen LogP contribution in [-0.4, -0.2) is 31.7 Å². The Labute approximate surface area is 190 Å². The van der Waals surface area contributed by atoms with Gasteiger partial charge in [-0.15, -0.1) is 11.3 Å². The smallest absolute Gasteiger partial charge is 0.267 e. The molecular weight excluding hydrogens is 456 g/mol. The summed E-state index contributed by atoms with van der Waals surface area (Å²) in [5.74, 6) is 0.184. The quantitative estimate of drug-likeness (QED) is 0.519. The first-order valence-electron chi connectivity index (χ1n) is 9.80. The van der Waals surface area contributed by atoms with Gasteiger partial charge in [0.1, 0.15) is 22.1 Å². The number of sulfonamides is 1. The molecule has 0 radical (unpaired) electrons. The lowest BCUT2D eigenvalue weighted by Crippen LogP contribution is -2.29. The Balaban J connectivity index is 1.42. The van der Waals surface area contributed by atoms with Crippen LogP contribution in [0, 0.1) is 0 Å². The number of ether oxygens (including phenoxy) is 1. The molecule has 1 aromatic heterocycles. The van der Waals surface area contributed by atoms with Crippen LogP contribution in [0.4, 0.5) is 5.69 Å². The number of hydrogen-bond donors (Lipinski definition) is 1. The largest absolute Gasteiger partial charge is 0.489 e. The first-order valence-corrected chi connectivity index (χ1v) is 12.5. The molecule has 31 heavy (non-hydrogen) atoms. The molecule has 0 atom stereocenters. The number of carbonyl (C=O) groups excluding carboxylic acids is 1. The van der Waals surface area contributed by atoms with E-state index in [2.05, 4.69) is 5.32 Å². The van der Waals surface area contributed by atoms with E-state index in [4.69, 9.17) is 16.3 Å². The first-order chi connectivity index (χ1) is 14.9. The summed E-state index contributed by atoms with van der Waals surface area (Å²) < 4.78 is 32.9. The highest BCUT2D eigenvalue weighted by Gasteiger charge is 2.31. The Morgan fingerprint density at radius 1 is 1.06 bits per heavy atom. The maximum absolute atomic E-state index is 12.9. The fourth-order valence-corrected chi connectivity index (χ4v) is 6.34. The van der Waals surface area contributed by atoms with E-state index in [1.807, 2.05) is 24.3 Å². The van der Waals surface area contributed by atoms with Gasteiger partial charge in [0, 0.05) is 29.4 Å². The Bertz CT molecular complexity index is 1170. The molecule has 9 heteroatoms. The third-order valence-corrected chi connectivity index (χ3v) is 8.33. The molecule has 0 spiro atoms. The number of halogens is 1. The minimum absolute atomic E-state index is 0.0663. The van der Waals surface area contributed by atoms with Gasteiger partial charge in [0.2, 0.25) is 10.0 Å². The molecule has 1 fully saturated rings. The van der Waals surface area contributed by atoms with E-state index in [1.54, 1.807) is 29.6 Å². The number of nitrogens with zero attached hydrogens (tertiary/aromatic N) is 1. The Hall–Kier alpha value is -2.39. The van der Waals surface area contributed by atoms with Crippen molar-refractivity contribution in [2.45, 2.75) is 24.3 Å². The van der Waals surface area contributed by atoms with Crippen LogP contribution in [0.2, 0.25) is 5.02 Å². The second kappa shape index (κ2) is 9.40. The summed E-state index contributed by atoms with van der Waals surface area (Å²) in [4.78, 5) is 13.0. The maximum Gasteiger partial charge on any atom is 0.267 e. The molecule has 1 amide bonds. The van der Waals surface area contributed by atoms with Crippen molar-refractivity contribution in [3.8, 4) is 5.75 Å². The fourth-order valence-electron chi connectivity index (χ4n) is 3.33. The summed E-state index contributed by atoms with van der Waals surface area (Å²) in [6, 6.07) is 15.9. The van der Waals surface area contributed by atoms with E-state index >= 15 is 0 Å². The molecule has 4 rings (SSSR count). The zero-order valence-electron chi connectivity index (χ0n) is 16.6. The van der Waals surface area contributed by atoms with E-state index < -0.39 is 15.9 Å². The van der Waals surface area contributed by atoms with Crippen LogP contribution in [0.15, 0.2) is 64.9 Å². The lowest BCUT2D eigenvalue weighted by molar-refractivity contribution is 0.102. The topological polar surface area (TPSA) is 75.7 Å². The van der Waals surface area contributed by atoms with Crippen LogP contribution in [0.25, 0.3) is 0 Å². The highest BCUT2D eigenvalue weighted by atomic mass is 35.5. The molecular formula is C22H21ClN2O4S2. The number of nitrogens with one attached hydrogen (secondary N) is 1. The molecule has 2 aromatic carbocycles. The number of anilines is 1. The van der Waals surface area contributed by atoms with Crippen LogP contribution in [-0.2, 0) is 16.6 Å². The second-order valence-electron chi connectivity index (χ2n) is 7.08. The van der Waals surface area contributed by atoms with Gasteiger partial charge in [-0.05, 0) is 54.6 Å². The van der Waals surface area contributed by atoms with Gasteiger partial charge in [0.25, 0.3) is 5.91 Å². The molecule has 1 aliphatic rings. The average Bonchev–Trinajstić information content (AvgIpc) is 3.47. The van der Waals surface area contributed by atoms with Gasteiger partial charge < -0.3 is 10.1 Å². The van der Waals surface area contributed by atoms with E-state index in [-0.39, 0.29) is 9.77 Å². The van der Waals surface area contributed by atoms with Gasteiger partial charge in [-0.1, -0.05) is 29.8 Å². The predicted molar refractivity (Wildman–Crippen MR) is 122 cm³/mol. The molecule has 2 heterocycles. The standard InChI is InChI=1S/C22H21ClN2O4S2/c23-19-6-2-1-5-16(19)15-29-18-9-7-17(8-10-18)24-22(26)21-20(11-14-30-21)31(27,28)25-12-3-4-13-25/h1-2,5-11,14H,3-4,12-13,15H2,(H,24,26). The zero-order valence-corrected chi connectivity index (χ0v) is 19.0. The number of amides is 1. The van der Waals surface area contributed by atoms with E-state index in [0.29, 0.717) is 36.2 Å². The van der Waals surface area contributed by atoms with Crippen molar-refractivity contribution in [2.75, 3.05) is 18.4 Å². The van der Waals surface area contributed by atoms with Crippen molar-refractivity contribution in [2.24, 2.45) is 0 Å². The number of carbonyl (C=O) groups is 1. The SMILES string of the molecule is O=C(Nc1ccc(OCc2ccccc2Cl)cc1)c1sccc1S(=O)(=O)N1CCCC1. The second-order valence-corrected chi connectivity index (χ2v) is 10.3. The van der Waals surface area contributed by atoms with Crippen molar-refractivity contribution in [1.29, 1.82) is 0 Å². The van der Waals surface area contributed by atoms with Crippen LogP contribution < -0.4 is 10.1 Å². The van der Waals surface area contributed by atoms with Crippen molar-refractivity contribution in [3.05, 3.63) is 75.4 Å². The zero-order chi connectivity index (χ0) is 21.8. The van der Waals surface area contributed by atoms with Crippen LogP contribution in [0.1, 0.15) is 28.1 Å². The summed E-state index contributed by atoms with van der Waals surface area (Å²) in [7, 11) is -3.66. The van der Waals surface area contributed by atoms with Gasteiger partial charge in [-0.2, -0.15) is 4.31 Å². The summed E-state index contributed by atoms with van der Waals surface area (Å²) in [5.41, 5.74) is 1.43. The van der Waals surface area contributed by atoms with Crippen molar-refractivity contribution < 1.29 is 17.9 Å². The average molecular weight is 477 g/mol. The maximum atomic E-state index is 12.9. The number of hydrogen-bond acceptors (Lipinski definition) is 5. The minimum Gasteiger partial charge on any atom is -0.489 e. The Kier molecular flexibility index (Phi) is 6.62. The number of benzene rings is 2. The molecule has 6 nitrogen and oxygen atoms in total. The van der Waals surface area contributed by atoms with Gasteiger partial charge in [-0.25, -0.2) is 8.42 Å². The predicted octanol–water partition coefficient (Wildman–Crippen LogP) is 5.02. The Morgan fingerprint density at radius 2 is 1.77 bits per heavy atom. The Morgan fingerprint density at radius 3 is 2.48 bits per heavy atom. The van der Waals surface area contributed by atoms with Gasteiger partial charge >= 0.3 is 0 Å². The normalized spacial score (nSPS) is 14.5. The van der Waals surface area contributed by atoms with Gasteiger partial charge in [0.05, 0.1) is 0 Å². The molecule has 0 aliphatic carbocycles. The van der Waals surface area contributed by atoms with Crippen molar-refractivity contribution in [3.63, 3.8) is 0 Å². The minimum atomic E-state index is -3.66. The van der Waals surface area contributed by atoms with Crippen molar-refractivity contribution in [1.82, 2.24) is 4.31 Å². The third kappa shape index (κ3) is 4.93. The van der Waals surface area contributed by atoms with Crippen molar-refractivity contribution >= 4 is 44.6 Å². The number of thiophene rings is 1. The van der Waals surface area contributed by atoms with Gasteiger partial charge in [0.15, 0.2) is 0 Å². The molecule has 0 bridgehead atoms. The highest BCUT2D eigenvalue weighted by Crippen LogP contribution is 2.28. The fraction of sp³-hybridized carbons (Fsp3) is 0.227. The third-order valence-electron chi connectivity index (χ3n) is 4.98.